The van der Waals surface area contributed by atoms with E-state index in [0.29, 0.717) is 59.9 Å². The SMILES string of the molecule is COc1c2cc(N)cc1Cc1cc(N)c(OC)c(c1OC)Cc1cc(N)cc(c1OC)Cc1cc(N)cc(c1)C2. The first kappa shape index (κ1) is 26.9. The highest BCUT2D eigenvalue weighted by Gasteiger charge is 2.24. The molecule has 1 aliphatic rings. The van der Waals surface area contributed by atoms with E-state index in [9.17, 15) is 0 Å². The van der Waals surface area contributed by atoms with Gasteiger partial charge in [0.15, 0.2) is 0 Å². The summed E-state index contributed by atoms with van der Waals surface area (Å²) < 4.78 is 23.8. The van der Waals surface area contributed by atoms with Crippen LogP contribution in [0.1, 0.15) is 44.5 Å². The number of hydrogen-bond donors (Lipinski definition) is 4. The first-order chi connectivity index (χ1) is 19.2. The van der Waals surface area contributed by atoms with Gasteiger partial charge in [0.25, 0.3) is 0 Å². The third kappa shape index (κ3) is 5.00. The van der Waals surface area contributed by atoms with Crippen LogP contribution in [-0.4, -0.2) is 28.4 Å². The van der Waals surface area contributed by atoms with E-state index in [2.05, 4.69) is 6.07 Å². The van der Waals surface area contributed by atoms with Crippen molar-refractivity contribution in [3.05, 3.63) is 93.0 Å². The molecule has 8 N–H and O–H groups in total. The minimum Gasteiger partial charge on any atom is -0.496 e. The van der Waals surface area contributed by atoms with Gasteiger partial charge in [-0.3, -0.25) is 0 Å². The fraction of sp³-hybridized carbons (Fsp3) is 0.250. The van der Waals surface area contributed by atoms with Gasteiger partial charge in [-0.2, -0.15) is 0 Å². The van der Waals surface area contributed by atoms with E-state index in [1.807, 2.05) is 42.5 Å². The molecule has 40 heavy (non-hydrogen) atoms. The molecule has 0 fully saturated rings. The van der Waals surface area contributed by atoms with Crippen molar-refractivity contribution in [3.8, 4) is 23.0 Å². The minimum absolute atomic E-state index is 0.424. The fourth-order valence-corrected chi connectivity index (χ4v) is 6.02. The van der Waals surface area contributed by atoms with Crippen molar-refractivity contribution in [2.24, 2.45) is 0 Å². The summed E-state index contributed by atoms with van der Waals surface area (Å²) in [7, 11) is 6.60. The lowest BCUT2D eigenvalue weighted by molar-refractivity contribution is 0.383. The summed E-state index contributed by atoms with van der Waals surface area (Å²) >= 11 is 0. The predicted octanol–water partition coefficient (Wildman–Crippen LogP) is 4.73. The van der Waals surface area contributed by atoms with Gasteiger partial charge in [-0.1, -0.05) is 6.07 Å². The van der Waals surface area contributed by atoms with Gasteiger partial charge in [0.1, 0.15) is 23.0 Å². The summed E-state index contributed by atoms with van der Waals surface area (Å²) in [4.78, 5) is 0. The van der Waals surface area contributed by atoms with Gasteiger partial charge < -0.3 is 41.9 Å². The Morgan fingerprint density at radius 3 is 1.30 bits per heavy atom. The Labute approximate surface area is 234 Å². The molecule has 4 aromatic rings. The Kier molecular flexibility index (Phi) is 7.26. The number of nitrogen functional groups attached to an aromatic ring is 4. The molecule has 0 unspecified atom stereocenters. The van der Waals surface area contributed by atoms with Crippen LogP contribution >= 0.6 is 0 Å². The van der Waals surface area contributed by atoms with Crippen LogP contribution in [0.3, 0.4) is 0 Å². The molecule has 5 rings (SSSR count). The molecule has 8 bridgehead atoms. The van der Waals surface area contributed by atoms with Gasteiger partial charge in [0.05, 0.1) is 34.1 Å². The molecular weight excluding hydrogens is 504 g/mol. The van der Waals surface area contributed by atoms with E-state index in [1.54, 1.807) is 28.4 Å². The van der Waals surface area contributed by atoms with Crippen molar-refractivity contribution in [2.45, 2.75) is 25.7 Å². The third-order valence-electron chi connectivity index (χ3n) is 7.39. The number of ether oxygens (including phenoxy) is 4. The van der Waals surface area contributed by atoms with Gasteiger partial charge in [-0.15, -0.1) is 0 Å². The van der Waals surface area contributed by atoms with Crippen LogP contribution in [0.5, 0.6) is 23.0 Å². The van der Waals surface area contributed by atoms with Gasteiger partial charge in [-0.25, -0.2) is 0 Å². The zero-order valence-electron chi connectivity index (χ0n) is 23.4. The number of hydrogen-bond acceptors (Lipinski definition) is 8. The van der Waals surface area contributed by atoms with Crippen LogP contribution in [0.4, 0.5) is 22.7 Å². The third-order valence-corrected chi connectivity index (χ3v) is 7.39. The van der Waals surface area contributed by atoms with Crippen molar-refractivity contribution < 1.29 is 18.9 Å². The molecule has 0 radical (unpaired) electrons. The summed E-state index contributed by atoms with van der Waals surface area (Å²) in [5.74, 6) is 2.74. The standard InChI is InChI=1S/C32H36N4O4/c1-37-29-19-6-17-5-18(9-24(33)8-17)7-20-12-26(35)14-23(30(20)38-2)15-27-31(39-3)22(16-28(36)32(27)40-4)10-21(29)13-25(34)11-19/h5,8-9,11-14,16H,6-7,10,15,33-36H2,1-4H3. The molecule has 0 spiro atoms. The Bertz CT molecular complexity index is 1600. The second kappa shape index (κ2) is 10.8. The first-order valence-electron chi connectivity index (χ1n) is 13.1. The summed E-state index contributed by atoms with van der Waals surface area (Å²) in [6, 6.07) is 15.8. The highest BCUT2D eigenvalue weighted by molar-refractivity contribution is 5.69. The smallest absolute Gasteiger partial charge is 0.148 e. The molecule has 0 aromatic heterocycles. The van der Waals surface area contributed by atoms with Crippen LogP contribution in [0.25, 0.3) is 0 Å². The van der Waals surface area contributed by atoms with Gasteiger partial charge >= 0.3 is 0 Å². The second-order valence-corrected chi connectivity index (χ2v) is 10.2. The fourth-order valence-electron chi connectivity index (χ4n) is 6.02. The molecular formula is C32H36N4O4. The van der Waals surface area contributed by atoms with Gasteiger partial charge in [-0.05, 0) is 53.6 Å². The molecule has 0 amide bonds. The summed E-state index contributed by atoms with van der Waals surface area (Å²) in [6.07, 6.45) is 2.07. The lowest BCUT2D eigenvalue weighted by Crippen LogP contribution is -2.09. The minimum atomic E-state index is 0.424. The zero-order chi connectivity index (χ0) is 28.6. The predicted molar refractivity (Wildman–Crippen MR) is 161 cm³/mol. The van der Waals surface area contributed by atoms with Crippen LogP contribution in [0, 0.1) is 0 Å². The molecule has 208 valence electrons. The zero-order valence-corrected chi connectivity index (χ0v) is 23.4. The van der Waals surface area contributed by atoms with E-state index in [1.165, 1.54) is 0 Å². The molecule has 8 nitrogen and oxygen atoms in total. The quantitative estimate of drug-likeness (QED) is 0.240. The van der Waals surface area contributed by atoms with Crippen molar-refractivity contribution in [1.82, 2.24) is 0 Å². The molecule has 0 heterocycles. The molecule has 4 aromatic carbocycles. The van der Waals surface area contributed by atoms with E-state index in [4.69, 9.17) is 41.9 Å². The van der Waals surface area contributed by atoms with Crippen LogP contribution in [-0.2, 0) is 25.7 Å². The Hall–Kier alpha value is -4.72. The summed E-state index contributed by atoms with van der Waals surface area (Å²) in [5.41, 5.74) is 35.7. The Morgan fingerprint density at radius 2 is 0.825 bits per heavy atom. The highest BCUT2D eigenvalue weighted by Crippen LogP contribution is 2.43. The van der Waals surface area contributed by atoms with E-state index in [0.717, 1.165) is 56.0 Å². The number of fused-ring (bicyclic) bond motifs is 8. The molecule has 1 aliphatic carbocycles. The van der Waals surface area contributed by atoms with Crippen LogP contribution in [0.15, 0.2) is 48.5 Å². The summed E-state index contributed by atoms with van der Waals surface area (Å²) in [5, 5.41) is 0. The maximum Gasteiger partial charge on any atom is 0.148 e. The number of nitrogens with two attached hydrogens (primary N) is 4. The van der Waals surface area contributed by atoms with Crippen molar-refractivity contribution in [3.63, 3.8) is 0 Å². The van der Waals surface area contributed by atoms with Crippen molar-refractivity contribution >= 4 is 22.7 Å². The van der Waals surface area contributed by atoms with Crippen molar-refractivity contribution in [1.29, 1.82) is 0 Å². The van der Waals surface area contributed by atoms with Gasteiger partial charge in [0.2, 0.25) is 0 Å². The lowest BCUT2D eigenvalue weighted by Gasteiger charge is -2.22. The molecule has 0 aliphatic heterocycles. The molecule has 0 saturated carbocycles. The Morgan fingerprint density at radius 1 is 0.425 bits per heavy atom. The lowest BCUT2D eigenvalue weighted by atomic mass is 9.90. The maximum absolute atomic E-state index is 6.56. The number of benzene rings is 4. The summed E-state index contributed by atoms with van der Waals surface area (Å²) in [6.45, 7) is 0. The number of methoxy groups -OCH3 is 4. The van der Waals surface area contributed by atoms with E-state index >= 15 is 0 Å². The van der Waals surface area contributed by atoms with E-state index < -0.39 is 0 Å². The normalized spacial score (nSPS) is 12.5. The van der Waals surface area contributed by atoms with Crippen LogP contribution < -0.4 is 41.9 Å². The van der Waals surface area contributed by atoms with Crippen molar-refractivity contribution in [2.75, 3.05) is 51.4 Å². The molecule has 0 atom stereocenters. The van der Waals surface area contributed by atoms with Crippen LogP contribution in [0.2, 0.25) is 0 Å². The number of rotatable bonds is 4. The average molecular weight is 541 g/mol. The topological polar surface area (TPSA) is 141 Å². The van der Waals surface area contributed by atoms with Gasteiger partial charge in [0, 0.05) is 76.1 Å². The average Bonchev–Trinajstić information content (AvgIpc) is 2.88. The first-order valence-corrected chi connectivity index (χ1v) is 13.1. The monoisotopic (exact) mass is 540 g/mol. The maximum atomic E-state index is 6.56. The molecule has 8 heteroatoms. The largest absolute Gasteiger partial charge is 0.496 e. The van der Waals surface area contributed by atoms with E-state index in [-0.39, 0.29) is 0 Å². The Balaban J connectivity index is 1.83. The highest BCUT2D eigenvalue weighted by atomic mass is 16.5. The number of anilines is 4. The second-order valence-electron chi connectivity index (χ2n) is 10.2. The molecule has 0 saturated heterocycles.